The lowest BCUT2D eigenvalue weighted by Gasteiger charge is -2.00. The Balaban J connectivity index is 1.95. The van der Waals surface area contributed by atoms with Gasteiger partial charge in [-0.2, -0.15) is 0 Å². The van der Waals surface area contributed by atoms with Gasteiger partial charge < -0.3 is 5.32 Å². The molecule has 1 N–H and O–H groups in total. The summed E-state index contributed by atoms with van der Waals surface area (Å²) in [4.78, 5) is 25.4. The molecule has 0 aliphatic heterocycles. The molecule has 1 amide bonds. The second kappa shape index (κ2) is 3.58. The Hall–Kier alpha value is -1.50. The number of hydrogen-bond acceptors (Lipinski definition) is 5. The Morgan fingerprint density at radius 1 is 1.80 bits per heavy atom. The van der Waals surface area contributed by atoms with Gasteiger partial charge >= 0.3 is 0 Å². The summed E-state index contributed by atoms with van der Waals surface area (Å²) in [6.45, 7) is 1.78. The molecule has 15 heavy (non-hydrogen) atoms. The van der Waals surface area contributed by atoms with Crippen LogP contribution in [0.25, 0.3) is 0 Å². The minimum Gasteiger partial charge on any atom is -0.316 e. The number of amides is 1. The predicted molar refractivity (Wildman–Crippen MR) is 54.4 cm³/mol. The van der Waals surface area contributed by atoms with Crippen LogP contribution in [0.3, 0.4) is 0 Å². The number of hydrogen-bond donors (Lipinski definition) is 1. The van der Waals surface area contributed by atoms with Crippen molar-refractivity contribution in [3.63, 3.8) is 0 Å². The molecule has 0 bridgehead atoms. The summed E-state index contributed by atoms with van der Waals surface area (Å²) in [5.74, 6) is -0.745. The van der Waals surface area contributed by atoms with Crippen molar-refractivity contribution in [1.29, 1.82) is 0 Å². The van der Waals surface area contributed by atoms with Crippen LogP contribution in [0.2, 0.25) is 0 Å². The molecule has 1 aromatic heterocycles. The van der Waals surface area contributed by atoms with E-state index < -0.39 is 16.9 Å². The fraction of sp³-hybridized carbons (Fsp3) is 0.500. The van der Waals surface area contributed by atoms with Gasteiger partial charge in [-0.15, -0.1) is 11.3 Å². The summed E-state index contributed by atoms with van der Waals surface area (Å²) in [5, 5.41) is 13.7. The molecule has 0 radical (unpaired) electrons. The zero-order valence-corrected chi connectivity index (χ0v) is 8.78. The van der Waals surface area contributed by atoms with Gasteiger partial charge in [0, 0.05) is 11.3 Å². The maximum atomic E-state index is 11.5. The minimum absolute atomic E-state index is 0.274. The quantitative estimate of drug-likeness (QED) is 0.618. The monoisotopic (exact) mass is 227 g/mol. The second-order valence-corrected chi connectivity index (χ2v) is 4.31. The minimum atomic E-state index is -0.696. The molecule has 1 fully saturated rings. The van der Waals surface area contributed by atoms with Crippen molar-refractivity contribution < 1.29 is 9.72 Å². The van der Waals surface area contributed by atoms with E-state index in [-0.39, 0.29) is 5.91 Å². The Morgan fingerprint density at radius 3 is 3.00 bits per heavy atom. The molecule has 1 aromatic rings. The highest BCUT2D eigenvalue weighted by molar-refractivity contribution is 7.14. The summed E-state index contributed by atoms with van der Waals surface area (Å²) < 4.78 is 0. The normalized spacial score (nSPS) is 23.5. The van der Waals surface area contributed by atoms with Gasteiger partial charge in [-0.25, -0.2) is 4.98 Å². The Labute approximate surface area is 89.5 Å². The number of thiazole rings is 1. The van der Waals surface area contributed by atoms with E-state index in [1.165, 1.54) is 11.3 Å². The maximum Gasteiger partial charge on any atom is 0.235 e. The van der Waals surface area contributed by atoms with Gasteiger partial charge in [0.2, 0.25) is 11.9 Å². The number of aromatic nitrogens is 1. The van der Waals surface area contributed by atoms with Crippen LogP contribution < -0.4 is 5.32 Å². The van der Waals surface area contributed by atoms with E-state index in [1.54, 1.807) is 12.4 Å². The first-order valence-corrected chi connectivity index (χ1v) is 5.32. The van der Waals surface area contributed by atoms with E-state index in [9.17, 15) is 14.9 Å². The van der Waals surface area contributed by atoms with Gasteiger partial charge in [-0.3, -0.25) is 14.9 Å². The number of rotatable bonds is 3. The molecule has 1 aliphatic rings. The van der Waals surface area contributed by atoms with Crippen molar-refractivity contribution >= 4 is 22.2 Å². The maximum absolute atomic E-state index is 11.5. The molecule has 0 aromatic carbocycles. The van der Waals surface area contributed by atoms with Crippen molar-refractivity contribution in [2.24, 2.45) is 5.92 Å². The van der Waals surface area contributed by atoms with Gasteiger partial charge in [-0.05, 0) is 6.92 Å². The molecular weight excluding hydrogens is 218 g/mol. The van der Waals surface area contributed by atoms with Crippen LogP contribution >= 0.6 is 11.3 Å². The number of aryl methyl sites for hydroxylation is 1. The van der Waals surface area contributed by atoms with Crippen LogP contribution in [-0.2, 0) is 4.79 Å². The fourth-order valence-corrected chi connectivity index (χ4v) is 2.02. The molecule has 2 unspecified atom stereocenters. The van der Waals surface area contributed by atoms with Gasteiger partial charge in [-0.1, -0.05) is 0 Å². The third kappa shape index (κ3) is 1.96. The third-order valence-corrected chi connectivity index (χ3v) is 3.19. The van der Waals surface area contributed by atoms with E-state index in [0.29, 0.717) is 11.4 Å². The Bertz CT molecular complexity index is 417. The summed E-state index contributed by atoms with van der Waals surface area (Å²) in [7, 11) is 0. The lowest BCUT2D eigenvalue weighted by atomic mass is 10.3. The molecule has 6 nitrogen and oxygen atoms in total. The highest BCUT2D eigenvalue weighted by atomic mass is 32.1. The zero-order chi connectivity index (χ0) is 11.0. The third-order valence-electron chi connectivity index (χ3n) is 2.35. The summed E-state index contributed by atoms with van der Waals surface area (Å²) in [5.41, 5.74) is 2.37. The number of nitrogens with zero attached hydrogens (tertiary/aromatic N) is 2. The molecule has 80 valence electrons. The fourth-order valence-electron chi connectivity index (χ4n) is 1.32. The highest BCUT2D eigenvalue weighted by Crippen LogP contribution is 2.34. The lowest BCUT2D eigenvalue weighted by molar-refractivity contribution is -0.497. The van der Waals surface area contributed by atoms with E-state index in [2.05, 4.69) is 10.3 Å². The number of nitrogens with one attached hydrogen (secondary N) is 1. The van der Waals surface area contributed by atoms with Gasteiger partial charge in [0.15, 0.2) is 0 Å². The molecule has 2 rings (SSSR count). The SMILES string of the molecule is Cc1ncsc1NC(=O)C1CC1[N+](=O)[O-]. The summed E-state index contributed by atoms with van der Waals surface area (Å²) >= 11 is 1.32. The van der Waals surface area contributed by atoms with E-state index in [0.717, 1.165) is 5.69 Å². The Kier molecular flexibility index (Phi) is 2.39. The van der Waals surface area contributed by atoms with E-state index >= 15 is 0 Å². The molecule has 2 atom stereocenters. The average molecular weight is 227 g/mol. The standard InChI is InChI=1S/C8H9N3O3S/c1-4-8(15-3-9-4)10-7(12)5-2-6(5)11(13)14/h3,5-6H,2H2,1H3,(H,10,12). The van der Waals surface area contributed by atoms with Gasteiger partial charge in [0.1, 0.15) is 10.9 Å². The number of carbonyl (C=O) groups is 1. The zero-order valence-electron chi connectivity index (χ0n) is 7.97. The molecule has 1 heterocycles. The van der Waals surface area contributed by atoms with Crippen LogP contribution in [0.5, 0.6) is 0 Å². The first kappa shape index (κ1) is 10.0. The first-order valence-electron chi connectivity index (χ1n) is 4.44. The smallest absolute Gasteiger partial charge is 0.235 e. The van der Waals surface area contributed by atoms with Crippen molar-refractivity contribution in [2.75, 3.05) is 5.32 Å². The summed E-state index contributed by atoms with van der Waals surface area (Å²) in [6.07, 6.45) is 0.344. The summed E-state index contributed by atoms with van der Waals surface area (Å²) in [6, 6.07) is -0.696. The van der Waals surface area contributed by atoms with Crippen LogP contribution in [0, 0.1) is 23.0 Å². The molecule has 0 saturated heterocycles. The predicted octanol–water partition coefficient (Wildman–Crippen LogP) is 1.06. The van der Waals surface area contributed by atoms with Crippen molar-refractivity contribution in [3.05, 3.63) is 21.3 Å². The van der Waals surface area contributed by atoms with Gasteiger partial charge in [0.25, 0.3) is 0 Å². The topological polar surface area (TPSA) is 85.1 Å². The molecular formula is C8H9N3O3S. The van der Waals surface area contributed by atoms with Crippen molar-refractivity contribution in [3.8, 4) is 0 Å². The number of carbonyl (C=O) groups excluding carboxylic acids is 1. The average Bonchev–Trinajstić information content (AvgIpc) is 2.88. The van der Waals surface area contributed by atoms with E-state index in [1.807, 2.05) is 0 Å². The number of nitro groups is 1. The molecule has 1 aliphatic carbocycles. The Morgan fingerprint density at radius 2 is 2.53 bits per heavy atom. The van der Waals surface area contributed by atoms with Crippen molar-refractivity contribution in [1.82, 2.24) is 4.98 Å². The second-order valence-electron chi connectivity index (χ2n) is 3.45. The van der Waals surface area contributed by atoms with Crippen LogP contribution in [0.4, 0.5) is 5.00 Å². The lowest BCUT2D eigenvalue weighted by Crippen LogP contribution is -2.18. The van der Waals surface area contributed by atoms with Crippen LogP contribution in [-0.4, -0.2) is 21.9 Å². The number of anilines is 1. The van der Waals surface area contributed by atoms with E-state index in [4.69, 9.17) is 0 Å². The molecule has 1 saturated carbocycles. The molecule has 0 spiro atoms. The van der Waals surface area contributed by atoms with Crippen LogP contribution in [0.1, 0.15) is 12.1 Å². The first-order chi connectivity index (χ1) is 7.09. The van der Waals surface area contributed by atoms with Gasteiger partial charge in [0.05, 0.1) is 11.2 Å². The highest BCUT2D eigenvalue weighted by Gasteiger charge is 2.53. The van der Waals surface area contributed by atoms with Crippen LogP contribution in [0.15, 0.2) is 5.51 Å². The van der Waals surface area contributed by atoms with Crippen molar-refractivity contribution in [2.45, 2.75) is 19.4 Å². The largest absolute Gasteiger partial charge is 0.316 e. The molecule has 7 heteroatoms.